The monoisotopic (exact) mass is 348 g/mol. The number of unbranched alkanes of at least 4 members (excludes halogenated alkanes) is 1. The Morgan fingerprint density at radius 2 is 2.08 bits per heavy atom. The van der Waals surface area contributed by atoms with Gasteiger partial charge < -0.3 is 10.2 Å². The molecule has 0 radical (unpaired) electrons. The second kappa shape index (κ2) is 7.56. The number of carbonyl (C=O) groups is 2. The predicted molar refractivity (Wildman–Crippen MR) is 95.0 cm³/mol. The third-order valence-electron chi connectivity index (χ3n) is 5.12. The Hall–Kier alpha value is -1.55. The molecule has 1 aliphatic carbocycles. The zero-order valence-electron chi connectivity index (χ0n) is 14.0. The van der Waals surface area contributed by atoms with E-state index in [1.54, 1.807) is 0 Å². The van der Waals surface area contributed by atoms with Crippen molar-refractivity contribution in [2.45, 2.75) is 50.4 Å². The molecule has 0 unspecified atom stereocenters. The number of halogens is 1. The van der Waals surface area contributed by atoms with Crippen molar-refractivity contribution in [1.29, 1.82) is 0 Å². The van der Waals surface area contributed by atoms with E-state index in [1.807, 2.05) is 29.2 Å². The summed E-state index contributed by atoms with van der Waals surface area (Å²) in [4.78, 5) is 26.2. The summed E-state index contributed by atoms with van der Waals surface area (Å²) in [5.74, 6) is 0.391. The molecule has 2 amide bonds. The molecule has 0 spiro atoms. The van der Waals surface area contributed by atoms with Crippen molar-refractivity contribution < 1.29 is 9.59 Å². The molecule has 2 aliphatic rings. The first kappa shape index (κ1) is 17.3. The molecule has 24 heavy (non-hydrogen) atoms. The maximum Gasteiger partial charge on any atom is 0.230 e. The third kappa shape index (κ3) is 3.92. The van der Waals surface area contributed by atoms with Gasteiger partial charge in [0.2, 0.25) is 11.8 Å². The maximum atomic E-state index is 12.5. The summed E-state index contributed by atoms with van der Waals surface area (Å²) in [5, 5.41) is 3.75. The summed E-state index contributed by atoms with van der Waals surface area (Å²) >= 11 is 6.05. The van der Waals surface area contributed by atoms with Crippen LogP contribution in [0.4, 0.5) is 0 Å². The zero-order chi connectivity index (χ0) is 17.0. The van der Waals surface area contributed by atoms with Gasteiger partial charge in [-0.15, -0.1) is 0 Å². The summed E-state index contributed by atoms with van der Waals surface area (Å²) in [6.07, 6.45) is 6.46. The molecule has 0 bridgehead atoms. The van der Waals surface area contributed by atoms with Gasteiger partial charge in [-0.25, -0.2) is 0 Å². The van der Waals surface area contributed by atoms with Gasteiger partial charge in [0, 0.05) is 31.1 Å². The van der Waals surface area contributed by atoms with Crippen molar-refractivity contribution in [3.05, 3.63) is 34.9 Å². The van der Waals surface area contributed by atoms with E-state index in [1.165, 1.54) is 0 Å². The largest absolute Gasteiger partial charge is 0.355 e. The van der Waals surface area contributed by atoms with E-state index >= 15 is 0 Å². The van der Waals surface area contributed by atoms with Gasteiger partial charge >= 0.3 is 0 Å². The van der Waals surface area contributed by atoms with Crippen LogP contribution in [0.5, 0.6) is 0 Å². The van der Waals surface area contributed by atoms with Crippen molar-refractivity contribution in [1.82, 2.24) is 10.2 Å². The van der Waals surface area contributed by atoms with Crippen molar-refractivity contribution >= 4 is 23.4 Å². The number of amides is 2. The summed E-state index contributed by atoms with van der Waals surface area (Å²) in [5.41, 5.74) is 0.653. The molecule has 1 aromatic carbocycles. The SMILES string of the molecule is O=C1CCCCN1CCCCNC(=O)C1(c2cccc(Cl)c2)CC1. The topological polar surface area (TPSA) is 49.4 Å². The minimum Gasteiger partial charge on any atom is -0.355 e. The van der Waals surface area contributed by atoms with Crippen molar-refractivity contribution in [3.63, 3.8) is 0 Å². The Morgan fingerprint density at radius 1 is 1.25 bits per heavy atom. The van der Waals surface area contributed by atoms with Crippen LogP contribution in [0.3, 0.4) is 0 Å². The van der Waals surface area contributed by atoms with E-state index in [9.17, 15) is 9.59 Å². The quantitative estimate of drug-likeness (QED) is 0.769. The highest BCUT2D eigenvalue weighted by molar-refractivity contribution is 6.30. The van der Waals surface area contributed by atoms with Gasteiger partial charge in [-0.2, -0.15) is 0 Å². The van der Waals surface area contributed by atoms with Gasteiger partial charge in [0.1, 0.15) is 0 Å². The van der Waals surface area contributed by atoms with E-state index in [0.29, 0.717) is 18.0 Å². The van der Waals surface area contributed by atoms with E-state index in [4.69, 9.17) is 11.6 Å². The van der Waals surface area contributed by atoms with Crippen LogP contribution in [-0.2, 0) is 15.0 Å². The van der Waals surface area contributed by atoms with Crippen molar-refractivity contribution in [2.24, 2.45) is 0 Å². The van der Waals surface area contributed by atoms with Crippen molar-refractivity contribution in [3.8, 4) is 0 Å². The third-order valence-corrected chi connectivity index (χ3v) is 5.36. The highest BCUT2D eigenvalue weighted by atomic mass is 35.5. The van der Waals surface area contributed by atoms with Crippen LogP contribution in [0, 0.1) is 0 Å². The molecule has 3 rings (SSSR count). The van der Waals surface area contributed by atoms with Crippen LogP contribution >= 0.6 is 11.6 Å². The molecule has 4 nitrogen and oxygen atoms in total. The Morgan fingerprint density at radius 3 is 2.79 bits per heavy atom. The normalized spacial score (nSPS) is 19.2. The smallest absolute Gasteiger partial charge is 0.230 e. The number of piperidine rings is 1. The minimum absolute atomic E-state index is 0.110. The van der Waals surface area contributed by atoms with E-state index in [-0.39, 0.29) is 17.2 Å². The van der Waals surface area contributed by atoms with Gasteiger partial charge in [0.15, 0.2) is 0 Å². The van der Waals surface area contributed by atoms with Crippen LogP contribution in [0.15, 0.2) is 24.3 Å². The lowest BCUT2D eigenvalue weighted by atomic mass is 9.95. The highest BCUT2D eigenvalue weighted by Crippen LogP contribution is 2.48. The average molecular weight is 349 g/mol. The molecule has 5 heteroatoms. The summed E-state index contributed by atoms with van der Waals surface area (Å²) < 4.78 is 0. The minimum atomic E-state index is -0.367. The van der Waals surface area contributed by atoms with Gasteiger partial charge in [-0.05, 0) is 56.2 Å². The molecule has 1 N–H and O–H groups in total. The van der Waals surface area contributed by atoms with Crippen LogP contribution in [0.2, 0.25) is 5.02 Å². The number of nitrogens with one attached hydrogen (secondary N) is 1. The van der Waals surface area contributed by atoms with Gasteiger partial charge in [0.05, 0.1) is 5.41 Å². The molecule has 0 atom stereocenters. The van der Waals surface area contributed by atoms with Crippen LogP contribution in [0.1, 0.15) is 50.5 Å². The molecule has 1 aliphatic heterocycles. The Balaban J connectivity index is 1.40. The lowest BCUT2D eigenvalue weighted by molar-refractivity contribution is -0.133. The molecule has 1 saturated carbocycles. The fourth-order valence-corrected chi connectivity index (χ4v) is 3.65. The molecule has 130 valence electrons. The zero-order valence-corrected chi connectivity index (χ0v) is 14.8. The van der Waals surface area contributed by atoms with E-state index < -0.39 is 0 Å². The van der Waals surface area contributed by atoms with Crippen LogP contribution < -0.4 is 5.32 Å². The van der Waals surface area contributed by atoms with Crippen LogP contribution in [-0.4, -0.2) is 36.3 Å². The lowest BCUT2D eigenvalue weighted by Crippen LogP contribution is -2.37. The second-order valence-electron chi connectivity index (χ2n) is 6.89. The number of hydrogen-bond donors (Lipinski definition) is 1. The number of likely N-dealkylation sites (tertiary alicyclic amines) is 1. The number of carbonyl (C=O) groups excluding carboxylic acids is 2. The van der Waals surface area contributed by atoms with Gasteiger partial charge in [0.25, 0.3) is 0 Å². The number of rotatable bonds is 7. The number of benzene rings is 1. The van der Waals surface area contributed by atoms with Gasteiger partial charge in [-0.1, -0.05) is 23.7 Å². The summed E-state index contributed by atoms with van der Waals surface area (Å²) in [6.45, 7) is 2.38. The Labute approximate surface area is 148 Å². The molecule has 1 aromatic rings. The Kier molecular flexibility index (Phi) is 5.44. The fourth-order valence-electron chi connectivity index (χ4n) is 3.45. The molecule has 1 heterocycles. The van der Waals surface area contributed by atoms with Crippen molar-refractivity contribution in [2.75, 3.05) is 19.6 Å². The van der Waals surface area contributed by atoms with Crippen LogP contribution in [0.25, 0.3) is 0 Å². The molecule has 0 aromatic heterocycles. The van der Waals surface area contributed by atoms with E-state index in [0.717, 1.165) is 57.2 Å². The highest BCUT2D eigenvalue weighted by Gasteiger charge is 2.51. The summed E-state index contributed by atoms with van der Waals surface area (Å²) in [7, 11) is 0. The number of nitrogens with zero attached hydrogens (tertiary/aromatic N) is 1. The lowest BCUT2D eigenvalue weighted by Gasteiger charge is -2.26. The summed E-state index contributed by atoms with van der Waals surface area (Å²) in [6, 6.07) is 7.62. The number of hydrogen-bond acceptors (Lipinski definition) is 2. The first-order chi connectivity index (χ1) is 11.6. The van der Waals surface area contributed by atoms with Gasteiger partial charge in [-0.3, -0.25) is 9.59 Å². The standard InChI is InChI=1S/C19H25ClN2O2/c20-16-7-5-6-15(14-16)19(9-10-19)18(24)21-11-2-4-13-22-12-3-1-8-17(22)23/h5-7,14H,1-4,8-13H2,(H,21,24). The van der Waals surface area contributed by atoms with E-state index in [2.05, 4.69) is 5.32 Å². The predicted octanol–water partition coefficient (Wildman–Crippen LogP) is 3.28. The maximum absolute atomic E-state index is 12.5. The molecular weight excluding hydrogens is 324 g/mol. The molecular formula is C19H25ClN2O2. The second-order valence-corrected chi connectivity index (χ2v) is 7.33. The Bertz CT molecular complexity index is 613. The first-order valence-corrected chi connectivity index (χ1v) is 9.32. The fraction of sp³-hybridized carbons (Fsp3) is 0.579. The average Bonchev–Trinajstić information content (AvgIpc) is 3.38. The molecule has 2 fully saturated rings. The molecule has 1 saturated heterocycles. The first-order valence-electron chi connectivity index (χ1n) is 8.94.